The molecule has 130 valence electrons. The van der Waals surface area contributed by atoms with E-state index in [1.165, 1.54) is 13.8 Å². The second kappa shape index (κ2) is 8.58. The van der Waals surface area contributed by atoms with Crippen LogP contribution in [0.3, 0.4) is 0 Å². The number of ether oxygens (including phenoxy) is 1. The molecule has 0 bridgehead atoms. The van der Waals surface area contributed by atoms with E-state index in [0.717, 1.165) is 10.0 Å². The standard InChI is InChI=1S/C19H18BrNO4/c1-12(22)15-4-3-5-17(11-15)21-19(24)13(2)25-18(23)10-14-6-8-16(20)9-7-14/h3-9,11,13H,10H2,1-2H3,(H,21,24)/t13-/m0/s1. The minimum absolute atomic E-state index is 0.0880. The Hall–Kier alpha value is -2.47. The van der Waals surface area contributed by atoms with Gasteiger partial charge in [-0.05, 0) is 43.7 Å². The molecule has 1 atom stereocenters. The van der Waals surface area contributed by atoms with Crippen LogP contribution in [0.4, 0.5) is 5.69 Å². The molecule has 0 aliphatic rings. The monoisotopic (exact) mass is 403 g/mol. The molecule has 6 heteroatoms. The fraction of sp³-hybridized carbons (Fsp3) is 0.211. The van der Waals surface area contributed by atoms with Crippen molar-refractivity contribution in [1.82, 2.24) is 0 Å². The summed E-state index contributed by atoms with van der Waals surface area (Å²) in [6.45, 7) is 2.96. The molecule has 2 aromatic rings. The number of ketones is 1. The number of nitrogens with one attached hydrogen (secondary N) is 1. The van der Waals surface area contributed by atoms with Crippen molar-refractivity contribution in [3.63, 3.8) is 0 Å². The van der Waals surface area contributed by atoms with E-state index >= 15 is 0 Å². The molecule has 0 radical (unpaired) electrons. The summed E-state index contributed by atoms with van der Waals surface area (Å²) >= 11 is 3.33. The maximum absolute atomic E-state index is 12.1. The third-order valence-electron chi connectivity index (χ3n) is 3.48. The van der Waals surface area contributed by atoms with Gasteiger partial charge in [0.25, 0.3) is 5.91 Å². The molecule has 25 heavy (non-hydrogen) atoms. The number of carbonyl (C=O) groups is 3. The van der Waals surface area contributed by atoms with Crippen LogP contribution in [-0.4, -0.2) is 23.8 Å². The third kappa shape index (κ3) is 5.83. The number of halogens is 1. The Balaban J connectivity index is 1.91. The zero-order valence-corrected chi connectivity index (χ0v) is 15.5. The Morgan fingerprint density at radius 1 is 1.12 bits per heavy atom. The van der Waals surface area contributed by atoms with Gasteiger partial charge >= 0.3 is 5.97 Å². The maximum atomic E-state index is 12.1. The lowest BCUT2D eigenvalue weighted by molar-refractivity contribution is -0.152. The van der Waals surface area contributed by atoms with Crippen molar-refractivity contribution < 1.29 is 19.1 Å². The zero-order chi connectivity index (χ0) is 18.4. The van der Waals surface area contributed by atoms with E-state index in [-0.39, 0.29) is 12.2 Å². The van der Waals surface area contributed by atoms with Crippen LogP contribution in [0.25, 0.3) is 0 Å². The molecule has 0 unspecified atom stereocenters. The number of Topliss-reactive ketones (excluding diaryl/α,β-unsaturated/α-hetero) is 1. The van der Waals surface area contributed by atoms with Gasteiger partial charge < -0.3 is 10.1 Å². The van der Waals surface area contributed by atoms with Gasteiger partial charge in [0.15, 0.2) is 11.9 Å². The van der Waals surface area contributed by atoms with Gasteiger partial charge in [0.05, 0.1) is 6.42 Å². The van der Waals surface area contributed by atoms with E-state index in [0.29, 0.717) is 11.3 Å². The number of benzene rings is 2. The third-order valence-corrected chi connectivity index (χ3v) is 4.00. The van der Waals surface area contributed by atoms with Crippen LogP contribution in [0.5, 0.6) is 0 Å². The summed E-state index contributed by atoms with van der Waals surface area (Å²) in [5.41, 5.74) is 1.78. The topological polar surface area (TPSA) is 72.5 Å². The Bertz CT molecular complexity index is 786. The van der Waals surface area contributed by atoms with Crippen molar-refractivity contribution in [2.45, 2.75) is 26.4 Å². The number of carbonyl (C=O) groups excluding carboxylic acids is 3. The Labute approximate surface area is 154 Å². The van der Waals surface area contributed by atoms with E-state index < -0.39 is 18.0 Å². The molecule has 0 fully saturated rings. The molecular formula is C19H18BrNO4. The average Bonchev–Trinajstić information content (AvgIpc) is 2.57. The lowest BCUT2D eigenvalue weighted by Crippen LogP contribution is -2.30. The lowest BCUT2D eigenvalue weighted by atomic mass is 10.1. The highest BCUT2D eigenvalue weighted by Crippen LogP contribution is 2.13. The summed E-state index contributed by atoms with van der Waals surface area (Å²) in [6.07, 6.45) is -0.853. The minimum Gasteiger partial charge on any atom is -0.452 e. The van der Waals surface area contributed by atoms with Crippen molar-refractivity contribution in [1.29, 1.82) is 0 Å². The Morgan fingerprint density at radius 2 is 1.80 bits per heavy atom. The van der Waals surface area contributed by atoms with E-state index in [9.17, 15) is 14.4 Å². The van der Waals surface area contributed by atoms with E-state index in [1.54, 1.807) is 24.3 Å². The highest BCUT2D eigenvalue weighted by atomic mass is 79.9. The van der Waals surface area contributed by atoms with Gasteiger partial charge in [0.2, 0.25) is 0 Å². The Kier molecular flexibility index (Phi) is 6.47. The molecule has 0 spiro atoms. The van der Waals surface area contributed by atoms with Crippen molar-refractivity contribution in [2.24, 2.45) is 0 Å². The zero-order valence-electron chi connectivity index (χ0n) is 13.9. The molecule has 0 heterocycles. The van der Waals surface area contributed by atoms with Gasteiger partial charge in [-0.2, -0.15) is 0 Å². The SMILES string of the molecule is CC(=O)c1cccc(NC(=O)[C@H](C)OC(=O)Cc2ccc(Br)cc2)c1. The van der Waals surface area contributed by atoms with E-state index in [2.05, 4.69) is 21.2 Å². The quantitative estimate of drug-likeness (QED) is 0.588. The molecule has 0 saturated heterocycles. The fourth-order valence-corrected chi connectivity index (χ4v) is 2.39. The Morgan fingerprint density at radius 3 is 2.44 bits per heavy atom. The van der Waals surface area contributed by atoms with Gasteiger partial charge in [-0.3, -0.25) is 14.4 Å². The highest BCUT2D eigenvalue weighted by Gasteiger charge is 2.18. The molecule has 1 amide bonds. The normalized spacial score (nSPS) is 11.5. The van der Waals surface area contributed by atoms with Crippen molar-refractivity contribution in [3.05, 3.63) is 64.1 Å². The predicted molar refractivity (Wildman–Crippen MR) is 98.5 cm³/mol. The first kappa shape index (κ1) is 18.9. The van der Waals surface area contributed by atoms with Crippen LogP contribution in [0.15, 0.2) is 53.0 Å². The van der Waals surface area contributed by atoms with E-state index in [4.69, 9.17) is 4.74 Å². The lowest BCUT2D eigenvalue weighted by Gasteiger charge is -2.14. The van der Waals surface area contributed by atoms with Crippen LogP contribution < -0.4 is 5.32 Å². The summed E-state index contributed by atoms with van der Waals surface area (Å²) in [5, 5.41) is 2.64. The van der Waals surface area contributed by atoms with Crippen LogP contribution >= 0.6 is 15.9 Å². The smallest absolute Gasteiger partial charge is 0.311 e. The maximum Gasteiger partial charge on any atom is 0.311 e. The predicted octanol–water partition coefficient (Wildman–Crippen LogP) is 3.76. The van der Waals surface area contributed by atoms with Crippen LogP contribution in [-0.2, 0) is 20.7 Å². The second-order valence-electron chi connectivity index (χ2n) is 5.56. The highest BCUT2D eigenvalue weighted by molar-refractivity contribution is 9.10. The van der Waals surface area contributed by atoms with Crippen molar-refractivity contribution >= 4 is 39.3 Å². The second-order valence-corrected chi connectivity index (χ2v) is 6.48. The van der Waals surface area contributed by atoms with E-state index in [1.807, 2.05) is 24.3 Å². The summed E-state index contributed by atoms with van der Waals surface area (Å²) in [4.78, 5) is 35.5. The number of hydrogen-bond acceptors (Lipinski definition) is 4. The fourth-order valence-electron chi connectivity index (χ4n) is 2.12. The van der Waals surface area contributed by atoms with Gasteiger partial charge in [0, 0.05) is 15.7 Å². The molecule has 2 rings (SSSR count). The van der Waals surface area contributed by atoms with Crippen LogP contribution in [0, 0.1) is 0 Å². The number of anilines is 1. The number of esters is 1. The van der Waals surface area contributed by atoms with Crippen LogP contribution in [0.1, 0.15) is 29.8 Å². The van der Waals surface area contributed by atoms with Gasteiger partial charge in [-0.1, -0.05) is 40.2 Å². The molecular weight excluding hydrogens is 386 g/mol. The molecule has 0 saturated carbocycles. The largest absolute Gasteiger partial charge is 0.452 e. The number of hydrogen-bond donors (Lipinski definition) is 1. The first-order valence-electron chi connectivity index (χ1n) is 7.71. The molecule has 0 aliphatic heterocycles. The molecule has 0 aromatic heterocycles. The summed E-state index contributed by atoms with van der Waals surface area (Å²) in [7, 11) is 0. The van der Waals surface area contributed by atoms with Crippen LogP contribution in [0.2, 0.25) is 0 Å². The number of amides is 1. The minimum atomic E-state index is -0.941. The van der Waals surface area contributed by atoms with Crippen molar-refractivity contribution in [3.8, 4) is 0 Å². The summed E-state index contributed by atoms with van der Waals surface area (Å²) < 4.78 is 6.09. The molecule has 2 aromatic carbocycles. The van der Waals surface area contributed by atoms with Gasteiger partial charge in [0.1, 0.15) is 0 Å². The molecule has 1 N–H and O–H groups in total. The summed E-state index contributed by atoms with van der Waals surface area (Å²) in [6, 6.07) is 13.9. The number of rotatable bonds is 6. The first-order chi connectivity index (χ1) is 11.8. The van der Waals surface area contributed by atoms with Crippen molar-refractivity contribution in [2.75, 3.05) is 5.32 Å². The van der Waals surface area contributed by atoms with Gasteiger partial charge in [-0.25, -0.2) is 0 Å². The molecule has 0 aliphatic carbocycles. The molecule has 5 nitrogen and oxygen atoms in total. The summed E-state index contributed by atoms with van der Waals surface area (Å²) in [5.74, 6) is -1.03. The first-order valence-corrected chi connectivity index (χ1v) is 8.50. The average molecular weight is 404 g/mol. The van der Waals surface area contributed by atoms with Gasteiger partial charge in [-0.15, -0.1) is 0 Å².